The van der Waals surface area contributed by atoms with Crippen LogP contribution in [-0.4, -0.2) is 8.42 Å². The van der Waals surface area contributed by atoms with Crippen molar-refractivity contribution in [2.45, 2.75) is 108 Å². The molecule has 0 bridgehead atoms. The van der Waals surface area contributed by atoms with E-state index in [-0.39, 0.29) is 4.90 Å². The lowest BCUT2D eigenvalue weighted by Gasteiger charge is -2.06. The molecule has 0 saturated carbocycles. The Morgan fingerprint density at radius 1 is 0.833 bits per heavy atom. The van der Waals surface area contributed by atoms with Gasteiger partial charge in [-0.2, -0.15) is 0 Å². The molecule has 1 rings (SSSR count). The van der Waals surface area contributed by atoms with Crippen LogP contribution in [0.2, 0.25) is 0 Å². The molecule has 4 nitrogen and oxygen atoms in total. The van der Waals surface area contributed by atoms with Crippen LogP contribution < -0.4 is 5.14 Å². The van der Waals surface area contributed by atoms with E-state index in [2.05, 4.69) is 19.1 Å². The van der Waals surface area contributed by atoms with Crippen molar-refractivity contribution in [3.05, 3.63) is 39.5 Å². The molecule has 0 aromatic heterocycles. The molecule has 0 amide bonds. The summed E-state index contributed by atoms with van der Waals surface area (Å²) in [5, 5.41) is 5.24. The molecule has 2 N–H and O–H groups in total. The van der Waals surface area contributed by atoms with Crippen molar-refractivity contribution in [3.8, 4) is 0 Å². The van der Waals surface area contributed by atoms with Crippen LogP contribution in [0.4, 0.5) is 0 Å². The van der Waals surface area contributed by atoms with Gasteiger partial charge in [0.25, 0.3) is 0 Å². The fraction of sp³-hybridized carbons (Fsp3) is 0.667. The Hall–Kier alpha value is -0.600. The lowest BCUT2D eigenvalue weighted by atomic mass is 10.1. The molecule has 172 valence electrons. The molecule has 6 heteroatoms. The van der Waals surface area contributed by atoms with Crippen LogP contribution in [0.1, 0.15) is 102 Å². The number of aryl methyl sites for hydroxylation is 1. The number of hydrogen-bond donors (Lipinski definition) is 1. The van der Waals surface area contributed by atoms with Crippen molar-refractivity contribution in [3.63, 3.8) is 0 Å². The molecular weight excluding hydrogens is 509 g/mol. The van der Waals surface area contributed by atoms with Crippen molar-refractivity contribution in [2.75, 3.05) is 0 Å². The van der Waals surface area contributed by atoms with Crippen molar-refractivity contribution >= 4 is 31.2 Å². The molecule has 0 atom stereocenters. The summed E-state index contributed by atoms with van der Waals surface area (Å²) in [5.74, 6) is 0. The second kappa shape index (κ2) is 17.0. The van der Waals surface area contributed by atoms with Crippen molar-refractivity contribution in [1.82, 2.24) is 0 Å². The fourth-order valence-corrected chi connectivity index (χ4v) is 6.05. The summed E-state index contributed by atoms with van der Waals surface area (Å²) in [6.07, 6.45) is 23.4. The third-order valence-corrected chi connectivity index (χ3v) is 8.09. The van der Waals surface area contributed by atoms with Gasteiger partial charge in [0, 0.05) is 0 Å². The van der Waals surface area contributed by atoms with E-state index < -0.39 is 31.2 Å². The first-order valence-corrected chi connectivity index (χ1v) is 15.1. The van der Waals surface area contributed by atoms with Gasteiger partial charge in [-0.25, -0.2) is 13.6 Å². The van der Waals surface area contributed by atoms with Gasteiger partial charge in [0.15, 0.2) is 21.2 Å². The van der Waals surface area contributed by atoms with E-state index in [1.165, 1.54) is 70.6 Å². The lowest BCUT2D eigenvalue weighted by Crippen LogP contribution is -2.14. The number of hydrogen-bond acceptors (Lipinski definition) is 3. The van der Waals surface area contributed by atoms with Crippen LogP contribution in [0.15, 0.2) is 35.2 Å². The molecule has 1 aromatic rings. The number of halogens is 1. The van der Waals surface area contributed by atoms with Gasteiger partial charge < -0.3 is 0 Å². The number of primary sulfonamides is 1. The summed E-state index contributed by atoms with van der Waals surface area (Å²) in [6.45, 7) is 2.26. The standard InChI is InChI=1S/C24H40INO3S/c1-2-3-4-5-6-7-8-9-10-11-12-13-14-15-16-17-18-22-19-20-23(25-27)24(21-22)30(26,28)29/h11-12,19-21H,2-10,13-18H2,1H3,(H2,26,28,29). The molecule has 0 aliphatic heterocycles. The van der Waals surface area contributed by atoms with Gasteiger partial charge in [0.1, 0.15) is 0 Å². The SMILES string of the molecule is CCCCCCCCCCC=CCCCCCCc1ccc(I=O)c(S(N)(=O)=O)c1. The average molecular weight is 550 g/mol. The van der Waals surface area contributed by atoms with Gasteiger partial charge in [0.2, 0.25) is 10.0 Å². The van der Waals surface area contributed by atoms with E-state index in [0.29, 0.717) is 3.57 Å². The molecule has 30 heavy (non-hydrogen) atoms. The Labute approximate surface area is 194 Å². The molecule has 0 unspecified atom stereocenters. The van der Waals surface area contributed by atoms with E-state index in [1.54, 1.807) is 12.1 Å². The topological polar surface area (TPSA) is 77.2 Å². The van der Waals surface area contributed by atoms with E-state index in [4.69, 9.17) is 5.14 Å². The first-order valence-electron chi connectivity index (χ1n) is 11.6. The summed E-state index contributed by atoms with van der Waals surface area (Å²) in [6, 6.07) is 5.11. The average Bonchev–Trinajstić information content (AvgIpc) is 2.72. The first-order chi connectivity index (χ1) is 14.5. The maximum atomic E-state index is 11.6. The molecule has 0 aliphatic carbocycles. The van der Waals surface area contributed by atoms with E-state index in [0.717, 1.165) is 31.2 Å². The number of benzene rings is 1. The number of rotatable bonds is 18. The van der Waals surface area contributed by atoms with Crippen LogP contribution in [0, 0.1) is 3.57 Å². The zero-order valence-corrected chi connectivity index (χ0v) is 21.6. The lowest BCUT2D eigenvalue weighted by molar-refractivity contribution is 0.577. The third-order valence-electron chi connectivity index (χ3n) is 5.36. The Morgan fingerprint density at radius 3 is 1.90 bits per heavy atom. The monoisotopic (exact) mass is 549 g/mol. The molecule has 0 radical (unpaired) electrons. The molecule has 0 spiro atoms. The quantitative estimate of drug-likeness (QED) is 0.118. The van der Waals surface area contributed by atoms with E-state index >= 15 is 0 Å². The van der Waals surface area contributed by atoms with Crippen LogP contribution >= 0.6 is 21.2 Å². The molecule has 0 saturated heterocycles. The molecule has 0 aliphatic rings. The molecule has 1 aromatic carbocycles. The van der Waals surface area contributed by atoms with Gasteiger partial charge >= 0.3 is 0 Å². The summed E-state index contributed by atoms with van der Waals surface area (Å²) >= 11 is -1.54. The van der Waals surface area contributed by atoms with Gasteiger partial charge in [-0.15, -0.1) is 0 Å². The van der Waals surface area contributed by atoms with E-state index in [9.17, 15) is 11.5 Å². The number of nitrogens with two attached hydrogens (primary N) is 1. The Balaban J connectivity index is 2.06. The Kier molecular flexibility index (Phi) is 15.6. The second-order valence-electron chi connectivity index (χ2n) is 8.07. The van der Waals surface area contributed by atoms with Crippen molar-refractivity contribution in [1.29, 1.82) is 0 Å². The van der Waals surface area contributed by atoms with E-state index in [1.807, 2.05) is 6.07 Å². The van der Waals surface area contributed by atoms with Crippen LogP contribution in [0.3, 0.4) is 0 Å². The van der Waals surface area contributed by atoms with Crippen LogP contribution in [0.5, 0.6) is 0 Å². The molecule has 0 heterocycles. The largest absolute Gasteiger partial charge is 0.265 e. The van der Waals surface area contributed by atoms with Gasteiger partial charge in [0.05, 0.1) is 8.47 Å². The smallest absolute Gasteiger partial charge is 0.239 e. The predicted octanol–water partition coefficient (Wildman–Crippen LogP) is 7.40. The Morgan fingerprint density at radius 2 is 1.37 bits per heavy atom. The molecule has 0 fully saturated rings. The first kappa shape index (κ1) is 27.4. The minimum absolute atomic E-state index is 0.0319. The Bertz CT molecular complexity index is 732. The highest BCUT2D eigenvalue weighted by atomic mass is 127. The summed E-state index contributed by atoms with van der Waals surface area (Å²) in [7, 11) is -3.81. The van der Waals surface area contributed by atoms with Gasteiger partial charge in [-0.1, -0.05) is 82.9 Å². The number of sulfonamides is 1. The summed E-state index contributed by atoms with van der Waals surface area (Å²) in [4.78, 5) is 0.0319. The minimum atomic E-state index is -3.81. The minimum Gasteiger partial charge on any atom is -0.265 e. The maximum absolute atomic E-state index is 11.6. The molecular formula is C24H40INO3S. The predicted molar refractivity (Wildman–Crippen MR) is 134 cm³/mol. The third kappa shape index (κ3) is 13.0. The highest BCUT2D eigenvalue weighted by Crippen LogP contribution is 2.22. The maximum Gasteiger partial charge on any atom is 0.239 e. The highest BCUT2D eigenvalue weighted by molar-refractivity contribution is 14.1. The van der Waals surface area contributed by atoms with Gasteiger partial charge in [-0.05, 0) is 56.2 Å². The number of allylic oxidation sites excluding steroid dienone is 2. The summed E-state index contributed by atoms with van der Waals surface area (Å²) < 4.78 is 34.8. The summed E-state index contributed by atoms with van der Waals surface area (Å²) in [5.41, 5.74) is 0.950. The normalized spacial score (nSPS) is 12.1. The fourth-order valence-electron chi connectivity index (χ4n) is 3.56. The van der Waals surface area contributed by atoms with Gasteiger partial charge in [-0.3, -0.25) is 3.07 Å². The zero-order chi connectivity index (χ0) is 22.1. The number of unbranched alkanes of at least 4 members (excludes halogenated alkanes) is 12. The van der Waals surface area contributed by atoms with Crippen LogP contribution in [-0.2, 0) is 19.5 Å². The van der Waals surface area contributed by atoms with Crippen molar-refractivity contribution < 1.29 is 11.5 Å². The van der Waals surface area contributed by atoms with Crippen molar-refractivity contribution in [2.24, 2.45) is 5.14 Å². The highest BCUT2D eigenvalue weighted by Gasteiger charge is 2.14. The second-order valence-corrected chi connectivity index (χ2v) is 11.2. The van der Waals surface area contributed by atoms with Crippen LogP contribution in [0.25, 0.3) is 0 Å². The zero-order valence-electron chi connectivity index (χ0n) is 18.6.